The third kappa shape index (κ3) is 4.22. The van der Waals surface area contributed by atoms with E-state index in [-0.39, 0.29) is 11.8 Å². The van der Waals surface area contributed by atoms with E-state index in [0.29, 0.717) is 25.0 Å². The molecule has 0 aromatic carbocycles. The Morgan fingerprint density at radius 1 is 0.926 bits per heavy atom. The maximum absolute atomic E-state index is 13.1. The van der Waals surface area contributed by atoms with E-state index in [1.807, 2.05) is 22.8 Å². The van der Waals surface area contributed by atoms with E-state index < -0.39 is 0 Å². The van der Waals surface area contributed by atoms with Gasteiger partial charge in [0.1, 0.15) is 0 Å². The number of rotatable bonds is 3. The molecule has 5 nitrogen and oxygen atoms in total. The standard InChI is InChI=1S/C22H35N3O2/c1-16(2)25-17(3)15-20(18(25)4)22(27)24-12-8-11-23(13-14-24)21(26)19-9-6-5-7-10-19/h15-16,19H,5-14H2,1-4H3. The average Bonchev–Trinajstić information content (AvgIpc) is 2.83. The van der Waals surface area contributed by atoms with Crippen molar-refractivity contribution in [3.8, 4) is 0 Å². The van der Waals surface area contributed by atoms with Crippen LogP contribution in [0.1, 0.15) is 80.2 Å². The Hall–Kier alpha value is -1.78. The Morgan fingerprint density at radius 3 is 2.19 bits per heavy atom. The Bertz CT molecular complexity index is 686. The van der Waals surface area contributed by atoms with Crippen LogP contribution < -0.4 is 0 Å². The van der Waals surface area contributed by atoms with Crippen molar-refractivity contribution in [3.63, 3.8) is 0 Å². The fraction of sp³-hybridized carbons (Fsp3) is 0.727. The van der Waals surface area contributed by atoms with Gasteiger partial charge in [-0.3, -0.25) is 9.59 Å². The molecule has 1 saturated carbocycles. The number of amides is 2. The molecular formula is C22H35N3O2. The first kappa shape index (κ1) is 20.0. The molecule has 0 N–H and O–H groups in total. The van der Waals surface area contributed by atoms with Gasteiger partial charge in [-0.05, 0) is 53.0 Å². The number of aryl methyl sites for hydroxylation is 1. The maximum Gasteiger partial charge on any atom is 0.255 e. The van der Waals surface area contributed by atoms with Gasteiger partial charge in [0.2, 0.25) is 5.91 Å². The normalized spacial score (nSPS) is 19.4. The van der Waals surface area contributed by atoms with Crippen LogP contribution in [0.2, 0.25) is 0 Å². The number of hydrogen-bond acceptors (Lipinski definition) is 2. The van der Waals surface area contributed by atoms with Gasteiger partial charge in [0, 0.05) is 49.5 Å². The van der Waals surface area contributed by atoms with Crippen molar-refractivity contribution >= 4 is 11.8 Å². The molecule has 1 saturated heterocycles. The van der Waals surface area contributed by atoms with Gasteiger partial charge in [0.15, 0.2) is 0 Å². The molecule has 5 heteroatoms. The van der Waals surface area contributed by atoms with E-state index in [1.165, 1.54) is 19.3 Å². The van der Waals surface area contributed by atoms with Gasteiger partial charge < -0.3 is 14.4 Å². The second-order valence-corrected chi connectivity index (χ2v) is 8.55. The van der Waals surface area contributed by atoms with Crippen molar-refractivity contribution in [2.24, 2.45) is 5.92 Å². The molecule has 1 aliphatic heterocycles. The molecule has 150 valence electrons. The Labute approximate surface area is 163 Å². The van der Waals surface area contributed by atoms with Gasteiger partial charge in [-0.15, -0.1) is 0 Å². The lowest BCUT2D eigenvalue weighted by Crippen LogP contribution is -2.40. The minimum atomic E-state index is 0.113. The Kier molecular flexibility index (Phi) is 6.28. The molecular weight excluding hydrogens is 338 g/mol. The van der Waals surface area contributed by atoms with Crippen molar-refractivity contribution in [2.75, 3.05) is 26.2 Å². The highest BCUT2D eigenvalue weighted by atomic mass is 16.2. The predicted molar refractivity (Wildman–Crippen MR) is 108 cm³/mol. The summed E-state index contributed by atoms with van der Waals surface area (Å²) in [6.45, 7) is 11.2. The Morgan fingerprint density at radius 2 is 1.56 bits per heavy atom. The van der Waals surface area contributed by atoms with Gasteiger partial charge in [0.25, 0.3) is 5.91 Å². The lowest BCUT2D eigenvalue weighted by molar-refractivity contribution is -0.136. The fourth-order valence-corrected chi connectivity index (χ4v) is 4.91. The summed E-state index contributed by atoms with van der Waals surface area (Å²) in [5.41, 5.74) is 3.00. The number of carbonyl (C=O) groups excluding carboxylic acids is 2. The predicted octanol–water partition coefficient (Wildman–Crippen LogP) is 3.94. The summed E-state index contributed by atoms with van der Waals surface area (Å²) in [5.74, 6) is 0.648. The maximum atomic E-state index is 13.1. The first-order chi connectivity index (χ1) is 12.9. The minimum absolute atomic E-state index is 0.113. The summed E-state index contributed by atoms with van der Waals surface area (Å²) in [6, 6.07) is 2.37. The van der Waals surface area contributed by atoms with Crippen LogP contribution in [0.25, 0.3) is 0 Å². The first-order valence-corrected chi connectivity index (χ1v) is 10.7. The van der Waals surface area contributed by atoms with E-state index >= 15 is 0 Å². The van der Waals surface area contributed by atoms with Crippen LogP contribution >= 0.6 is 0 Å². The zero-order valence-corrected chi connectivity index (χ0v) is 17.5. The molecule has 0 spiro atoms. The number of carbonyl (C=O) groups is 2. The van der Waals surface area contributed by atoms with Crippen LogP contribution in [-0.4, -0.2) is 52.4 Å². The molecule has 0 unspecified atom stereocenters. The van der Waals surface area contributed by atoms with Gasteiger partial charge in [-0.1, -0.05) is 19.3 Å². The molecule has 0 atom stereocenters. The van der Waals surface area contributed by atoms with Crippen molar-refractivity contribution in [2.45, 2.75) is 72.3 Å². The summed E-state index contributed by atoms with van der Waals surface area (Å²) < 4.78 is 2.23. The molecule has 2 fully saturated rings. The van der Waals surface area contributed by atoms with Crippen molar-refractivity contribution in [3.05, 3.63) is 23.0 Å². The van der Waals surface area contributed by atoms with Gasteiger partial charge >= 0.3 is 0 Å². The lowest BCUT2D eigenvalue weighted by Gasteiger charge is -2.28. The van der Waals surface area contributed by atoms with E-state index in [4.69, 9.17) is 0 Å². The highest BCUT2D eigenvalue weighted by Crippen LogP contribution is 2.26. The zero-order chi connectivity index (χ0) is 19.6. The molecule has 2 amide bonds. The third-order valence-corrected chi connectivity index (χ3v) is 6.28. The Balaban J connectivity index is 1.66. The van der Waals surface area contributed by atoms with E-state index in [0.717, 1.165) is 49.3 Å². The monoisotopic (exact) mass is 373 g/mol. The second kappa shape index (κ2) is 8.49. The molecule has 2 heterocycles. The summed E-state index contributed by atoms with van der Waals surface area (Å²) in [6.07, 6.45) is 6.58. The number of hydrogen-bond donors (Lipinski definition) is 0. The molecule has 2 aliphatic rings. The molecule has 0 radical (unpaired) electrons. The van der Waals surface area contributed by atoms with Crippen LogP contribution in [0.5, 0.6) is 0 Å². The van der Waals surface area contributed by atoms with Gasteiger partial charge in [-0.25, -0.2) is 0 Å². The van der Waals surface area contributed by atoms with Gasteiger partial charge in [0.05, 0.1) is 5.56 Å². The number of nitrogens with zero attached hydrogens (tertiary/aromatic N) is 3. The van der Waals surface area contributed by atoms with E-state index in [1.54, 1.807) is 0 Å². The highest BCUT2D eigenvalue weighted by Gasteiger charge is 2.29. The second-order valence-electron chi connectivity index (χ2n) is 8.55. The summed E-state index contributed by atoms with van der Waals surface area (Å²) in [5, 5.41) is 0. The van der Waals surface area contributed by atoms with Gasteiger partial charge in [-0.2, -0.15) is 0 Å². The largest absolute Gasteiger partial charge is 0.346 e. The number of aromatic nitrogens is 1. The van der Waals surface area contributed by atoms with E-state index in [2.05, 4.69) is 25.3 Å². The van der Waals surface area contributed by atoms with Crippen LogP contribution in [-0.2, 0) is 4.79 Å². The first-order valence-electron chi connectivity index (χ1n) is 10.7. The molecule has 1 aliphatic carbocycles. The third-order valence-electron chi connectivity index (χ3n) is 6.28. The van der Waals surface area contributed by atoms with Crippen LogP contribution in [0, 0.1) is 19.8 Å². The van der Waals surface area contributed by atoms with Crippen LogP contribution in [0.3, 0.4) is 0 Å². The van der Waals surface area contributed by atoms with Crippen LogP contribution in [0.15, 0.2) is 6.07 Å². The lowest BCUT2D eigenvalue weighted by atomic mass is 9.88. The molecule has 1 aromatic heterocycles. The van der Waals surface area contributed by atoms with Crippen molar-refractivity contribution in [1.29, 1.82) is 0 Å². The molecule has 3 rings (SSSR count). The zero-order valence-electron chi connectivity index (χ0n) is 17.5. The highest BCUT2D eigenvalue weighted by molar-refractivity contribution is 5.95. The summed E-state index contributed by atoms with van der Waals surface area (Å²) in [4.78, 5) is 30.0. The van der Waals surface area contributed by atoms with Crippen molar-refractivity contribution < 1.29 is 9.59 Å². The smallest absolute Gasteiger partial charge is 0.255 e. The van der Waals surface area contributed by atoms with Crippen LogP contribution in [0.4, 0.5) is 0 Å². The topological polar surface area (TPSA) is 45.6 Å². The van der Waals surface area contributed by atoms with E-state index in [9.17, 15) is 9.59 Å². The average molecular weight is 374 g/mol. The summed E-state index contributed by atoms with van der Waals surface area (Å²) in [7, 11) is 0. The van der Waals surface area contributed by atoms with Crippen molar-refractivity contribution in [1.82, 2.24) is 14.4 Å². The molecule has 27 heavy (non-hydrogen) atoms. The summed E-state index contributed by atoms with van der Waals surface area (Å²) >= 11 is 0. The minimum Gasteiger partial charge on any atom is -0.346 e. The fourth-order valence-electron chi connectivity index (χ4n) is 4.91. The molecule has 0 bridgehead atoms. The quantitative estimate of drug-likeness (QED) is 0.805. The molecule has 1 aromatic rings. The SMILES string of the molecule is Cc1cc(C(=O)N2CCCN(C(=O)C3CCCCC3)CC2)c(C)n1C(C)C.